The number of carbonyl (C=O) groups is 2. The van der Waals surface area contributed by atoms with Gasteiger partial charge in [0.25, 0.3) is 0 Å². The maximum absolute atomic E-state index is 11.2. The first kappa shape index (κ1) is 13.9. The van der Waals surface area contributed by atoms with Gasteiger partial charge in [-0.05, 0) is 6.92 Å². The topological polar surface area (TPSA) is 89.5 Å². The molecule has 0 aliphatic rings. The van der Waals surface area contributed by atoms with Gasteiger partial charge in [0, 0.05) is 12.8 Å². The van der Waals surface area contributed by atoms with Gasteiger partial charge in [0.05, 0.1) is 13.5 Å². The number of hydrogen-bond acceptors (Lipinski definition) is 5. The summed E-state index contributed by atoms with van der Waals surface area (Å²) in [6, 6.07) is 0. The average Bonchev–Trinajstić information content (AvgIpc) is 2.14. The molecule has 0 heterocycles. The van der Waals surface area contributed by atoms with Crippen LogP contribution in [-0.2, 0) is 24.2 Å². The molecule has 0 aromatic heterocycles. The first-order valence-electron chi connectivity index (χ1n) is 4.32. The molecule has 1 unspecified atom stereocenters. The van der Waals surface area contributed by atoms with Crippen LogP contribution in [0.5, 0.6) is 0 Å². The van der Waals surface area contributed by atoms with E-state index in [4.69, 9.17) is 0 Å². The third-order valence-corrected chi connectivity index (χ3v) is 3.37. The number of carbonyl (C=O) groups excluding carboxylic acids is 2. The van der Waals surface area contributed by atoms with Crippen LogP contribution < -0.4 is 5.32 Å². The summed E-state index contributed by atoms with van der Waals surface area (Å²) in [6.45, 7) is 1.37. The Morgan fingerprint density at radius 1 is 1.40 bits per heavy atom. The Balaban J connectivity index is 4.01. The highest BCUT2D eigenvalue weighted by atomic mass is 32.2. The van der Waals surface area contributed by atoms with Gasteiger partial charge in [0.1, 0.15) is 5.25 Å². The van der Waals surface area contributed by atoms with Crippen molar-refractivity contribution in [2.45, 2.75) is 18.6 Å². The number of sulfone groups is 1. The molecule has 0 rings (SSSR count). The van der Waals surface area contributed by atoms with Gasteiger partial charge in [-0.15, -0.1) is 0 Å². The maximum Gasteiger partial charge on any atom is 0.307 e. The van der Waals surface area contributed by atoms with Crippen molar-refractivity contribution in [3.63, 3.8) is 0 Å². The molecule has 6 nitrogen and oxygen atoms in total. The third-order valence-electron chi connectivity index (χ3n) is 1.87. The molecule has 0 saturated heterocycles. The molecule has 88 valence electrons. The van der Waals surface area contributed by atoms with Crippen molar-refractivity contribution in [3.05, 3.63) is 0 Å². The predicted octanol–water partition coefficient (Wildman–Crippen LogP) is -0.901. The lowest BCUT2D eigenvalue weighted by Gasteiger charge is -2.09. The van der Waals surface area contributed by atoms with Crippen LogP contribution in [0.2, 0.25) is 0 Å². The largest absolute Gasteiger partial charge is 0.469 e. The molecule has 0 aromatic rings. The van der Waals surface area contributed by atoms with E-state index in [0.717, 1.165) is 6.26 Å². The summed E-state index contributed by atoms with van der Waals surface area (Å²) in [7, 11) is -2.15. The van der Waals surface area contributed by atoms with Crippen LogP contribution in [0.15, 0.2) is 0 Å². The molecule has 0 aromatic carbocycles. The second kappa shape index (κ2) is 5.69. The quantitative estimate of drug-likeness (QED) is 0.626. The number of hydrogen-bond donors (Lipinski definition) is 1. The van der Waals surface area contributed by atoms with Crippen LogP contribution in [-0.4, -0.2) is 45.5 Å². The smallest absolute Gasteiger partial charge is 0.307 e. The second-order valence-corrected chi connectivity index (χ2v) is 5.46. The van der Waals surface area contributed by atoms with E-state index in [2.05, 4.69) is 10.1 Å². The number of methoxy groups -OCH3 is 1. The normalized spacial score (nSPS) is 13.0. The lowest BCUT2D eigenvalue weighted by molar-refractivity contribution is -0.140. The summed E-state index contributed by atoms with van der Waals surface area (Å²) >= 11 is 0. The zero-order valence-electron chi connectivity index (χ0n) is 8.94. The van der Waals surface area contributed by atoms with Crippen molar-refractivity contribution < 1.29 is 22.7 Å². The minimum absolute atomic E-state index is 0.0265. The zero-order valence-corrected chi connectivity index (χ0v) is 9.76. The lowest BCUT2D eigenvalue weighted by atomic mass is 10.4. The van der Waals surface area contributed by atoms with E-state index >= 15 is 0 Å². The molecule has 1 atom stereocenters. The summed E-state index contributed by atoms with van der Waals surface area (Å²) in [5, 5.41) is 1.23. The monoisotopic (exact) mass is 237 g/mol. The third kappa shape index (κ3) is 5.36. The maximum atomic E-state index is 11.2. The Kier molecular flexibility index (Phi) is 5.27. The van der Waals surface area contributed by atoms with E-state index in [1.165, 1.54) is 14.0 Å². The van der Waals surface area contributed by atoms with Gasteiger partial charge in [-0.25, -0.2) is 8.42 Å². The first-order chi connectivity index (χ1) is 6.79. The fraction of sp³-hybridized carbons (Fsp3) is 0.750. The van der Waals surface area contributed by atoms with Crippen molar-refractivity contribution in [3.8, 4) is 0 Å². The predicted molar refractivity (Wildman–Crippen MR) is 53.9 cm³/mol. The fourth-order valence-electron chi connectivity index (χ4n) is 0.728. The Morgan fingerprint density at radius 3 is 2.33 bits per heavy atom. The molecule has 1 N–H and O–H groups in total. The molecule has 0 saturated carbocycles. The van der Waals surface area contributed by atoms with Gasteiger partial charge >= 0.3 is 5.97 Å². The van der Waals surface area contributed by atoms with Gasteiger partial charge in [-0.2, -0.15) is 0 Å². The average molecular weight is 237 g/mol. The Labute approximate surface area is 88.9 Å². The van der Waals surface area contributed by atoms with Gasteiger partial charge in [0.2, 0.25) is 5.91 Å². The van der Waals surface area contributed by atoms with Crippen LogP contribution in [0.25, 0.3) is 0 Å². The Bertz CT molecular complexity index is 335. The molecular weight excluding hydrogens is 222 g/mol. The lowest BCUT2D eigenvalue weighted by Crippen LogP contribution is -2.38. The Morgan fingerprint density at radius 2 is 1.93 bits per heavy atom. The molecule has 0 spiro atoms. The SMILES string of the molecule is COC(=O)CCNC(=O)C(C)S(C)(=O)=O. The van der Waals surface area contributed by atoms with Crippen LogP contribution in [0.1, 0.15) is 13.3 Å². The fourth-order valence-corrected chi connectivity index (χ4v) is 1.20. The van der Waals surface area contributed by atoms with Crippen molar-refractivity contribution >= 4 is 21.7 Å². The molecule has 7 heteroatoms. The van der Waals surface area contributed by atoms with Crippen molar-refractivity contribution in [2.24, 2.45) is 0 Å². The van der Waals surface area contributed by atoms with Crippen molar-refractivity contribution in [2.75, 3.05) is 19.9 Å². The van der Waals surface area contributed by atoms with Gasteiger partial charge in [-0.1, -0.05) is 0 Å². The van der Waals surface area contributed by atoms with Gasteiger partial charge in [-0.3, -0.25) is 9.59 Å². The van der Waals surface area contributed by atoms with E-state index in [1.54, 1.807) is 0 Å². The van der Waals surface area contributed by atoms with Crippen molar-refractivity contribution in [1.82, 2.24) is 5.32 Å². The summed E-state index contributed by atoms with van der Waals surface area (Å²) in [5.74, 6) is -1.07. The Hall–Kier alpha value is -1.11. The van der Waals surface area contributed by atoms with Crippen LogP contribution in [0.3, 0.4) is 0 Å². The molecule has 0 radical (unpaired) electrons. The molecule has 0 bridgehead atoms. The van der Waals surface area contributed by atoms with Crippen LogP contribution >= 0.6 is 0 Å². The number of rotatable bonds is 5. The summed E-state index contributed by atoms with van der Waals surface area (Å²) in [6.07, 6.45) is 1.01. The minimum Gasteiger partial charge on any atom is -0.469 e. The zero-order chi connectivity index (χ0) is 12.1. The number of amides is 1. The highest BCUT2D eigenvalue weighted by Crippen LogP contribution is 1.97. The molecule has 1 amide bonds. The summed E-state index contributed by atoms with van der Waals surface area (Å²) < 4.78 is 26.3. The molecule has 15 heavy (non-hydrogen) atoms. The summed E-state index contributed by atoms with van der Waals surface area (Å²) in [5.41, 5.74) is 0. The molecular formula is C8H15NO5S. The van der Waals surface area contributed by atoms with E-state index in [0.29, 0.717) is 0 Å². The number of esters is 1. The first-order valence-corrected chi connectivity index (χ1v) is 6.28. The number of ether oxygens (including phenoxy) is 1. The van der Waals surface area contributed by atoms with Gasteiger partial charge in [0.15, 0.2) is 9.84 Å². The van der Waals surface area contributed by atoms with Crippen LogP contribution in [0.4, 0.5) is 0 Å². The van der Waals surface area contributed by atoms with Crippen LogP contribution in [0, 0.1) is 0 Å². The molecule has 0 fully saturated rings. The van der Waals surface area contributed by atoms with E-state index in [9.17, 15) is 18.0 Å². The van der Waals surface area contributed by atoms with Gasteiger partial charge < -0.3 is 10.1 Å². The van der Waals surface area contributed by atoms with E-state index in [-0.39, 0.29) is 13.0 Å². The number of nitrogens with one attached hydrogen (secondary N) is 1. The summed E-state index contributed by atoms with van der Waals surface area (Å²) in [4.78, 5) is 21.9. The van der Waals surface area contributed by atoms with E-state index in [1.807, 2.05) is 0 Å². The van der Waals surface area contributed by atoms with E-state index < -0.39 is 27.0 Å². The highest BCUT2D eigenvalue weighted by Gasteiger charge is 2.22. The standard InChI is InChI=1S/C8H15NO5S/c1-6(15(3,12)13)8(11)9-5-4-7(10)14-2/h6H,4-5H2,1-3H3,(H,9,11). The van der Waals surface area contributed by atoms with Crippen molar-refractivity contribution in [1.29, 1.82) is 0 Å². The highest BCUT2D eigenvalue weighted by molar-refractivity contribution is 7.92. The molecule has 0 aliphatic carbocycles. The minimum atomic E-state index is -3.39. The molecule has 0 aliphatic heterocycles. The second-order valence-electron chi connectivity index (χ2n) is 3.09.